The Morgan fingerprint density at radius 1 is 1.33 bits per heavy atom. The number of hydrogen-bond donors (Lipinski definition) is 1. The van der Waals surface area contributed by atoms with E-state index in [-0.39, 0.29) is 17.8 Å². The zero-order valence-corrected chi connectivity index (χ0v) is 8.24. The Labute approximate surface area is 86.9 Å². The summed E-state index contributed by atoms with van der Waals surface area (Å²) in [6.07, 6.45) is 2.08. The predicted octanol–water partition coefficient (Wildman–Crippen LogP) is 2.78. The molecule has 3 rings (SSSR count). The maximum atomic E-state index is 13.4. The number of furan rings is 1. The third-order valence-electron chi connectivity index (χ3n) is 3.21. The van der Waals surface area contributed by atoms with Gasteiger partial charge in [0.05, 0.1) is 0 Å². The van der Waals surface area contributed by atoms with Gasteiger partial charge in [0.2, 0.25) is 0 Å². The van der Waals surface area contributed by atoms with E-state index in [2.05, 4.69) is 0 Å². The van der Waals surface area contributed by atoms with E-state index in [0.717, 1.165) is 24.0 Å². The lowest BCUT2D eigenvalue weighted by Crippen LogP contribution is -2.37. The number of nitrogens with two attached hydrogens (primary N) is 1. The van der Waals surface area contributed by atoms with E-state index < -0.39 is 0 Å². The van der Waals surface area contributed by atoms with E-state index >= 15 is 0 Å². The molecule has 1 aliphatic rings. The lowest BCUT2D eigenvalue weighted by molar-refractivity contribution is 0.301. The Hall–Kier alpha value is -1.35. The maximum absolute atomic E-state index is 13.4. The van der Waals surface area contributed by atoms with Crippen LogP contribution in [-0.4, -0.2) is 6.04 Å². The molecule has 78 valence electrons. The van der Waals surface area contributed by atoms with E-state index in [4.69, 9.17) is 10.2 Å². The molecule has 0 amide bonds. The fraction of sp³-hybridized carbons (Fsp3) is 0.333. The van der Waals surface area contributed by atoms with Crippen LogP contribution in [0.15, 0.2) is 28.7 Å². The van der Waals surface area contributed by atoms with Gasteiger partial charge >= 0.3 is 0 Å². The molecule has 3 heteroatoms. The minimum atomic E-state index is -0.299. The van der Waals surface area contributed by atoms with Crippen molar-refractivity contribution in [2.75, 3.05) is 0 Å². The van der Waals surface area contributed by atoms with Crippen LogP contribution in [0.2, 0.25) is 0 Å². The summed E-state index contributed by atoms with van der Waals surface area (Å²) in [7, 11) is 0. The summed E-state index contributed by atoms with van der Waals surface area (Å²) in [6.45, 7) is 0. The van der Waals surface area contributed by atoms with E-state index in [0.29, 0.717) is 5.58 Å². The van der Waals surface area contributed by atoms with Crippen molar-refractivity contribution in [2.45, 2.75) is 24.8 Å². The highest BCUT2D eigenvalue weighted by Crippen LogP contribution is 2.38. The van der Waals surface area contributed by atoms with Crippen LogP contribution in [0.1, 0.15) is 24.5 Å². The van der Waals surface area contributed by atoms with Gasteiger partial charge in [0.1, 0.15) is 5.76 Å². The van der Waals surface area contributed by atoms with Crippen molar-refractivity contribution in [3.8, 4) is 0 Å². The molecular formula is C12H12FNO. The van der Waals surface area contributed by atoms with E-state index in [1.807, 2.05) is 12.1 Å². The van der Waals surface area contributed by atoms with Gasteiger partial charge in [-0.05, 0) is 25.0 Å². The Balaban J connectivity index is 2.10. The summed E-state index contributed by atoms with van der Waals surface area (Å²) in [4.78, 5) is 0. The molecule has 0 bridgehead atoms. The molecule has 2 unspecified atom stereocenters. The molecule has 2 aromatic rings. The van der Waals surface area contributed by atoms with Gasteiger partial charge in [0.25, 0.3) is 0 Å². The highest BCUT2D eigenvalue weighted by Gasteiger charge is 2.31. The van der Waals surface area contributed by atoms with Crippen molar-refractivity contribution in [1.29, 1.82) is 0 Å². The van der Waals surface area contributed by atoms with Gasteiger partial charge in [-0.1, -0.05) is 12.1 Å². The molecule has 0 radical (unpaired) electrons. The van der Waals surface area contributed by atoms with Gasteiger partial charge < -0.3 is 10.2 Å². The summed E-state index contributed by atoms with van der Waals surface area (Å²) < 4.78 is 18.9. The molecule has 2 atom stereocenters. The van der Waals surface area contributed by atoms with Crippen molar-refractivity contribution in [2.24, 2.45) is 5.73 Å². The van der Waals surface area contributed by atoms with Crippen molar-refractivity contribution in [1.82, 2.24) is 0 Å². The molecular weight excluding hydrogens is 193 g/mol. The first-order chi connectivity index (χ1) is 7.25. The molecule has 2 nitrogen and oxygen atoms in total. The summed E-state index contributed by atoms with van der Waals surface area (Å²) in [5, 5.41) is 0.823. The number of fused-ring (bicyclic) bond motifs is 1. The lowest BCUT2D eigenvalue weighted by Gasteiger charge is -2.31. The van der Waals surface area contributed by atoms with Crippen molar-refractivity contribution in [3.63, 3.8) is 0 Å². The SMILES string of the molecule is NC1CCC1c1cc2cccc(F)c2o1. The Morgan fingerprint density at radius 3 is 2.80 bits per heavy atom. The van der Waals surface area contributed by atoms with E-state index in [1.54, 1.807) is 6.07 Å². The third-order valence-corrected chi connectivity index (χ3v) is 3.21. The smallest absolute Gasteiger partial charge is 0.169 e. The van der Waals surface area contributed by atoms with Gasteiger partial charge in [-0.15, -0.1) is 0 Å². The zero-order valence-electron chi connectivity index (χ0n) is 8.24. The number of rotatable bonds is 1. The highest BCUT2D eigenvalue weighted by atomic mass is 19.1. The molecule has 1 fully saturated rings. The summed E-state index contributed by atoms with van der Waals surface area (Å²) in [5.41, 5.74) is 6.21. The van der Waals surface area contributed by atoms with Crippen LogP contribution in [0, 0.1) is 5.82 Å². The predicted molar refractivity (Wildman–Crippen MR) is 56.1 cm³/mol. The van der Waals surface area contributed by atoms with Crippen LogP contribution in [-0.2, 0) is 0 Å². The fourth-order valence-corrected chi connectivity index (χ4v) is 2.11. The molecule has 0 saturated heterocycles. The highest BCUT2D eigenvalue weighted by molar-refractivity contribution is 5.78. The summed E-state index contributed by atoms with van der Waals surface area (Å²) in [5.74, 6) is 0.803. The number of hydrogen-bond acceptors (Lipinski definition) is 2. The average molecular weight is 205 g/mol. The summed E-state index contributed by atoms with van der Waals surface area (Å²) >= 11 is 0. The average Bonchev–Trinajstić information content (AvgIpc) is 2.60. The molecule has 0 aliphatic heterocycles. The molecule has 2 N–H and O–H groups in total. The van der Waals surface area contributed by atoms with Crippen molar-refractivity contribution in [3.05, 3.63) is 35.8 Å². The topological polar surface area (TPSA) is 39.2 Å². The van der Waals surface area contributed by atoms with E-state index in [1.165, 1.54) is 6.07 Å². The quantitative estimate of drug-likeness (QED) is 0.777. The molecule has 0 spiro atoms. The standard InChI is InChI=1S/C12H12FNO/c13-9-3-1-2-7-6-11(15-12(7)9)8-4-5-10(8)14/h1-3,6,8,10H,4-5,14H2. The van der Waals surface area contributed by atoms with Gasteiger partial charge in [-0.25, -0.2) is 4.39 Å². The van der Waals surface area contributed by atoms with Crippen LogP contribution in [0.3, 0.4) is 0 Å². The number of halogens is 1. The molecule has 1 aromatic heterocycles. The minimum absolute atomic E-state index is 0.175. The Morgan fingerprint density at radius 2 is 2.20 bits per heavy atom. The Kier molecular flexibility index (Phi) is 1.83. The monoisotopic (exact) mass is 205 g/mol. The van der Waals surface area contributed by atoms with Crippen LogP contribution < -0.4 is 5.73 Å². The third kappa shape index (κ3) is 1.27. The van der Waals surface area contributed by atoms with Crippen LogP contribution in [0.4, 0.5) is 4.39 Å². The second-order valence-electron chi connectivity index (χ2n) is 4.15. The molecule has 15 heavy (non-hydrogen) atoms. The second kappa shape index (κ2) is 3.07. The van der Waals surface area contributed by atoms with Crippen LogP contribution in [0.5, 0.6) is 0 Å². The normalized spacial score (nSPS) is 25.5. The first-order valence-corrected chi connectivity index (χ1v) is 5.19. The number of para-hydroxylation sites is 1. The molecule has 1 saturated carbocycles. The molecule has 1 aromatic carbocycles. The largest absolute Gasteiger partial charge is 0.458 e. The second-order valence-corrected chi connectivity index (χ2v) is 4.15. The van der Waals surface area contributed by atoms with Crippen molar-refractivity contribution < 1.29 is 8.81 Å². The van der Waals surface area contributed by atoms with Gasteiger partial charge in [0.15, 0.2) is 11.4 Å². The first kappa shape index (κ1) is 8.92. The van der Waals surface area contributed by atoms with Gasteiger partial charge in [-0.2, -0.15) is 0 Å². The van der Waals surface area contributed by atoms with Gasteiger partial charge in [-0.3, -0.25) is 0 Å². The van der Waals surface area contributed by atoms with Crippen molar-refractivity contribution >= 4 is 11.0 Å². The lowest BCUT2D eigenvalue weighted by atomic mass is 9.78. The van der Waals surface area contributed by atoms with Crippen LogP contribution >= 0.6 is 0 Å². The fourth-order valence-electron chi connectivity index (χ4n) is 2.11. The van der Waals surface area contributed by atoms with Crippen LogP contribution in [0.25, 0.3) is 11.0 Å². The molecule has 1 heterocycles. The number of benzene rings is 1. The first-order valence-electron chi connectivity index (χ1n) is 5.19. The minimum Gasteiger partial charge on any atom is -0.458 e. The zero-order chi connectivity index (χ0) is 10.4. The molecule has 1 aliphatic carbocycles. The summed E-state index contributed by atoms with van der Waals surface area (Å²) in [6, 6.07) is 7.04. The van der Waals surface area contributed by atoms with E-state index in [9.17, 15) is 4.39 Å². The van der Waals surface area contributed by atoms with Gasteiger partial charge in [0, 0.05) is 17.3 Å². The Bertz CT molecular complexity index is 505. The maximum Gasteiger partial charge on any atom is 0.169 e.